The summed E-state index contributed by atoms with van der Waals surface area (Å²) in [6.07, 6.45) is 9.26. The number of amides is 2. The lowest BCUT2D eigenvalue weighted by Gasteiger charge is -2.29. The summed E-state index contributed by atoms with van der Waals surface area (Å²) in [5.74, 6) is -0.515. The van der Waals surface area contributed by atoms with Crippen LogP contribution in [0.5, 0.6) is 0 Å². The molecule has 1 atom stereocenters. The monoisotopic (exact) mass is 407 g/mol. The molecule has 1 unspecified atom stereocenters. The van der Waals surface area contributed by atoms with Crippen LogP contribution in [0.25, 0.3) is 0 Å². The van der Waals surface area contributed by atoms with Gasteiger partial charge in [-0.2, -0.15) is 0 Å². The maximum Gasteiger partial charge on any atom is 0.256 e. The zero-order valence-electron chi connectivity index (χ0n) is 16.1. The van der Waals surface area contributed by atoms with Gasteiger partial charge < -0.3 is 10.2 Å². The summed E-state index contributed by atoms with van der Waals surface area (Å²) >= 11 is 6.08. The van der Waals surface area contributed by atoms with Gasteiger partial charge in [-0.1, -0.05) is 48.6 Å². The Bertz CT molecular complexity index is 983. The maximum absolute atomic E-state index is 13.4. The summed E-state index contributed by atoms with van der Waals surface area (Å²) in [6, 6.07) is 9.69. The number of nitrogens with one attached hydrogen (secondary N) is 1. The largest absolute Gasteiger partial charge is 0.323 e. The van der Waals surface area contributed by atoms with Crippen LogP contribution >= 0.6 is 11.6 Å². The van der Waals surface area contributed by atoms with Crippen molar-refractivity contribution in [1.29, 1.82) is 0 Å². The van der Waals surface area contributed by atoms with Gasteiger partial charge in [-0.05, 0) is 42.8 Å². The number of hydrogen-bond donors (Lipinski definition) is 1. The van der Waals surface area contributed by atoms with Crippen molar-refractivity contribution in [2.45, 2.75) is 19.4 Å². The number of pyridine rings is 1. The van der Waals surface area contributed by atoms with Gasteiger partial charge in [0.2, 0.25) is 5.91 Å². The Labute approximate surface area is 175 Å². The van der Waals surface area contributed by atoms with E-state index in [0.29, 0.717) is 22.7 Å². The molecule has 1 aliphatic rings. The first kappa shape index (κ1) is 20.6. The Morgan fingerprint density at radius 2 is 2.14 bits per heavy atom. The third kappa shape index (κ3) is 4.81. The lowest BCUT2D eigenvalue weighted by atomic mass is 10.1. The number of allylic oxidation sites excluding steroid dienone is 3. The zero-order chi connectivity index (χ0) is 20.8. The number of aromatic nitrogens is 1. The van der Waals surface area contributed by atoms with Crippen molar-refractivity contribution in [3.8, 4) is 0 Å². The molecule has 2 amide bonds. The summed E-state index contributed by atoms with van der Waals surface area (Å²) in [4.78, 5) is 32.5. The van der Waals surface area contributed by atoms with E-state index in [9.17, 15) is 9.59 Å². The second kappa shape index (κ2) is 9.34. The highest BCUT2D eigenvalue weighted by molar-refractivity contribution is 6.31. The molecular formula is C23H22ClN3O2. The molecule has 5 nitrogen and oxygen atoms in total. The van der Waals surface area contributed by atoms with Crippen molar-refractivity contribution in [2.24, 2.45) is 0 Å². The van der Waals surface area contributed by atoms with E-state index in [4.69, 9.17) is 11.6 Å². The van der Waals surface area contributed by atoms with Gasteiger partial charge in [0.1, 0.15) is 6.04 Å². The van der Waals surface area contributed by atoms with E-state index >= 15 is 0 Å². The Morgan fingerprint density at radius 3 is 2.83 bits per heavy atom. The molecule has 0 fully saturated rings. The summed E-state index contributed by atoms with van der Waals surface area (Å²) in [6.45, 7) is 5.91. The van der Waals surface area contributed by atoms with E-state index in [-0.39, 0.29) is 18.4 Å². The van der Waals surface area contributed by atoms with Gasteiger partial charge in [-0.3, -0.25) is 14.6 Å². The highest BCUT2D eigenvalue weighted by Gasteiger charge is 2.35. The molecule has 1 aliphatic heterocycles. The van der Waals surface area contributed by atoms with Gasteiger partial charge in [0.25, 0.3) is 5.91 Å². The van der Waals surface area contributed by atoms with Crippen LogP contribution in [0.15, 0.2) is 79.1 Å². The highest BCUT2D eigenvalue weighted by atomic mass is 35.5. The normalized spacial score (nSPS) is 17.1. The van der Waals surface area contributed by atoms with Crippen LogP contribution in [-0.2, 0) is 11.2 Å². The maximum atomic E-state index is 13.4. The fraction of sp³-hybridized carbons (Fsp3) is 0.174. The van der Waals surface area contributed by atoms with Crippen LogP contribution in [0.1, 0.15) is 23.0 Å². The van der Waals surface area contributed by atoms with Crippen LogP contribution in [0.2, 0.25) is 5.02 Å². The smallest absolute Gasteiger partial charge is 0.256 e. The van der Waals surface area contributed by atoms with Crippen LogP contribution in [0.4, 0.5) is 5.69 Å². The molecule has 29 heavy (non-hydrogen) atoms. The molecule has 0 aliphatic carbocycles. The van der Waals surface area contributed by atoms with Crippen molar-refractivity contribution in [3.05, 3.63) is 95.3 Å². The number of fused-ring (bicyclic) bond motifs is 1. The van der Waals surface area contributed by atoms with Crippen molar-refractivity contribution >= 4 is 29.1 Å². The number of nitrogens with zero attached hydrogens (tertiary/aromatic N) is 2. The minimum Gasteiger partial charge on any atom is -0.323 e. The molecule has 2 aromatic rings. The third-order valence-corrected chi connectivity index (χ3v) is 4.84. The van der Waals surface area contributed by atoms with Gasteiger partial charge in [0, 0.05) is 29.9 Å². The lowest BCUT2D eigenvalue weighted by Crippen LogP contribution is -2.47. The molecule has 3 rings (SSSR count). The molecule has 0 saturated heterocycles. The SMILES string of the molecule is C=C/C=C(\C=C/C)CN1C(=O)c2ccc(Cl)cc2NC(=O)C1Cc1ccccn1. The Morgan fingerprint density at radius 1 is 1.31 bits per heavy atom. The third-order valence-electron chi connectivity index (χ3n) is 4.60. The molecule has 0 radical (unpaired) electrons. The van der Waals surface area contributed by atoms with Crippen LogP contribution in [-0.4, -0.2) is 34.3 Å². The van der Waals surface area contributed by atoms with Gasteiger partial charge in [0.15, 0.2) is 0 Å². The van der Waals surface area contributed by atoms with Crippen LogP contribution in [0.3, 0.4) is 0 Å². The van der Waals surface area contributed by atoms with Crippen molar-refractivity contribution in [1.82, 2.24) is 9.88 Å². The van der Waals surface area contributed by atoms with E-state index in [2.05, 4.69) is 16.9 Å². The first-order valence-electron chi connectivity index (χ1n) is 9.29. The molecule has 0 spiro atoms. The van der Waals surface area contributed by atoms with Crippen LogP contribution < -0.4 is 5.32 Å². The molecule has 6 heteroatoms. The van der Waals surface area contributed by atoms with Crippen LogP contribution in [0, 0.1) is 0 Å². The number of rotatable bonds is 6. The number of carbonyl (C=O) groups is 2. The predicted molar refractivity (Wildman–Crippen MR) is 116 cm³/mol. The number of hydrogen-bond acceptors (Lipinski definition) is 3. The van der Waals surface area contributed by atoms with Gasteiger partial charge in [-0.25, -0.2) is 0 Å². The number of anilines is 1. The predicted octanol–water partition coefficient (Wildman–Crippen LogP) is 4.43. The minimum absolute atomic E-state index is 0.240. The van der Waals surface area contributed by atoms with Gasteiger partial charge in [0.05, 0.1) is 11.3 Å². The summed E-state index contributed by atoms with van der Waals surface area (Å²) in [7, 11) is 0. The molecular weight excluding hydrogens is 386 g/mol. The standard InChI is InChI=1S/C23H22ClN3O2/c1-3-7-16(8-4-2)15-27-21(14-18-9-5-6-12-25-18)22(28)26-20-13-17(24)10-11-19(20)23(27)29/h3-13,21H,1,14-15H2,2H3,(H,26,28)/b8-4-,16-7+. The second-order valence-electron chi connectivity index (χ2n) is 6.63. The molecule has 0 saturated carbocycles. The summed E-state index contributed by atoms with van der Waals surface area (Å²) < 4.78 is 0. The van der Waals surface area contributed by atoms with Gasteiger partial charge >= 0.3 is 0 Å². The fourth-order valence-electron chi connectivity index (χ4n) is 3.29. The molecule has 0 bridgehead atoms. The number of carbonyl (C=O) groups excluding carboxylic acids is 2. The van der Waals surface area contributed by atoms with E-state index in [1.54, 1.807) is 35.4 Å². The molecule has 1 aromatic carbocycles. The Hall–Kier alpha value is -3.18. The van der Waals surface area contributed by atoms with E-state index in [1.165, 1.54) is 0 Å². The van der Waals surface area contributed by atoms with E-state index in [1.807, 2.05) is 43.4 Å². The zero-order valence-corrected chi connectivity index (χ0v) is 16.9. The highest BCUT2D eigenvalue weighted by Crippen LogP contribution is 2.28. The van der Waals surface area contributed by atoms with Crippen molar-refractivity contribution in [2.75, 3.05) is 11.9 Å². The second-order valence-corrected chi connectivity index (χ2v) is 7.07. The lowest BCUT2D eigenvalue weighted by molar-refractivity contribution is -0.120. The average Bonchev–Trinajstić information content (AvgIpc) is 2.79. The quantitative estimate of drug-likeness (QED) is 0.720. The summed E-state index contributed by atoms with van der Waals surface area (Å²) in [5, 5.41) is 3.31. The first-order chi connectivity index (χ1) is 14.0. The fourth-order valence-corrected chi connectivity index (χ4v) is 3.46. The van der Waals surface area contributed by atoms with Crippen molar-refractivity contribution < 1.29 is 9.59 Å². The molecule has 148 valence electrons. The van der Waals surface area contributed by atoms with Gasteiger partial charge in [-0.15, -0.1) is 0 Å². The minimum atomic E-state index is -0.720. The molecule has 1 aromatic heterocycles. The summed E-state index contributed by atoms with van der Waals surface area (Å²) in [5.41, 5.74) is 2.42. The van der Waals surface area contributed by atoms with E-state index < -0.39 is 6.04 Å². The Kier molecular flexibility index (Phi) is 6.62. The average molecular weight is 408 g/mol. The molecule has 1 N–H and O–H groups in total. The first-order valence-corrected chi connectivity index (χ1v) is 9.67. The molecule has 2 heterocycles. The number of benzene rings is 1. The Balaban J connectivity index is 2.05. The number of halogens is 1. The van der Waals surface area contributed by atoms with Crippen molar-refractivity contribution in [3.63, 3.8) is 0 Å². The van der Waals surface area contributed by atoms with E-state index in [0.717, 1.165) is 11.3 Å². The topological polar surface area (TPSA) is 62.3 Å².